The summed E-state index contributed by atoms with van der Waals surface area (Å²) in [5, 5.41) is 16.3. The van der Waals surface area contributed by atoms with E-state index in [4.69, 9.17) is 9.47 Å². The minimum absolute atomic E-state index is 0.0291. The highest BCUT2D eigenvalue weighted by Crippen LogP contribution is 2.29. The van der Waals surface area contributed by atoms with E-state index in [9.17, 15) is 9.90 Å². The molecule has 6 nitrogen and oxygen atoms in total. The zero-order valence-corrected chi connectivity index (χ0v) is 12.8. The number of aliphatic hydroxyl groups is 1. The third-order valence-electron chi connectivity index (χ3n) is 3.94. The highest BCUT2D eigenvalue weighted by molar-refractivity contribution is 5.83. The van der Waals surface area contributed by atoms with Crippen LogP contribution in [0.2, 0.25) is 0 Å². The Labute approximate surface area is 121 Å². The molecule has 1 saturated heterocycles. The molecule has 3 N–H and O–H groups in total. The van der Waals surface area contributed by atoms with Gasteiger partial charge in [-0.15, -0.1) is 0 Å². The Morgan fingerprint density at radius 2 is 2.00 bits per heavy atom. The standard InChI is InChI=1S/C14H28N2O4/c1-13(18,6-9-19-2)10-16-12(17)14(11-20-3)4-7-15-8-5-14/h15,18H,4-11H2,1-3H3,(H,16,17). The Hall–Kier alpha value is -0.690. The van der Waals surface area contributed by atoms with Gasteiger partial charge in [-0.05, 0) is 32.9 Å². The predicted octanol–water partition coefficient (Wildman–Crippen LogP) is -0.0937. The molecule has 0 aliphatic carbocycles. The summed E-state index contributed by atoms with van der Waals surface area (Å²) in [5.41, 5.74) is -1.43. The minimum atomic E-state index is -0.952. The number of ether oxygens (including phenoxy) is 2. The van der Waals surface area contributed by atoms with Crippen molar-refractivity contribution in [1.82, 2.24) is 10.6 Å². The minimum Gasteiger partial charge on any atom is -0.388 e. The van der Waals surface area contributed by atoms with Crippen LogP contribution in [0.15, 0.2) is 0 Å². The maximum absolute atomic E-state index is 12.5. The first kappa shape index (κ1) is 17.4. The molecule has 0 saturated carbocycles. The van der Waals surface area contributed by atoms with Crippen LogP contribution in [0.1, 0.15) is 26.2 Å². The molecule has 0 bridgehead atoms. The number of hydrogen-bond acceptors (Lipinski definition) is 5. The van der Waals surface area contributed by atoms with Crippen LogP contribution < -0.4 is 10.6 Å². The number of rotatable bonds is 8. The Bertz CT molecular complexity index is 296. The van der Waals surface area contributed by atoms with Gasteiger partial charge in [0.1, 0.15) is 0 Å². The Morgan fingerprint density at radius 1 is 1.35 bits per heavy atom. The monoisotopic (exact) mass is 288 g/mol. The zero-order chi connectivity index (χ0) is 15.1. The molecule has 1 unspecified atom stereocenters. The number of hydrogen-bond donors (Lipinski definition) is 3. The number of amides is 1. The summed E-state index contributed by atoms with van der Waals surface area (Å²) in [7, 11) is 3.21. The number of piperidine rings is 1. The van der Waals surface area contributed by atoms with E-state index in [1.165, 1.54) is 0 Å². The van der Waals surface area contributed by atoms with Crippen LogP contribution in [0, 0.1) is 5.41 Å². The van der Waals surface area contributed by atoms with Crippen molar-refractivity contribution in [3.63, 3.8) is 0 Å². The van der Waals surface area contributed by atoms with Crippen LogP contribution in [-0.2, 0) is 14.3 Å². The second-order valence-corrected chi connectivity index (χ2v) is 5.89. The van der Waals surface area contributed by atoms with E-state index in [-0.39, 0.29) is 12.5 Å². The maximum atomic E-state index is 12.5. The van der Waals surface area contributed by atoms with Gasteiger partial charge in [-0.25, -0.2) is 0 Å². The SMILES string of the molecule is COCCC(C)(O)CNC(=O)C1(COC)CCNCC1. The van der Waals surface area contributed by atoms with Crippen molar-refractivity contribution in [2.75, 3.05) is 47.1 Å². The van der Waals surface area contributed by atoms with Crippen LogP contribution in [0.5, 0.6) is 0 Å². The molecule has 20 heavy (non-hydrogen) atoms. The van der Waals surface area contributed by atoms with Crippen LogP contribution in [-0.4, -0.2) is 63.7 Å². The first-order valence-corrected chi connectivity index (χ1v) is 7.15. The van der Waals surface area contributed by atoms with Crippen molar-refractivity contribution in [2.45, 2.75) is 31.8 Å². The lowest BCUT2D eigenvalue weighted by atomic mass is 9.78. The van der Waals surface area contributed by atoms with Crippen LogP contribution >= 0.6 is 0 Å². The fourth-order valence-corrected chi connectivity index (χ4v) is 2.49. The van der Waals surface area contributed by atoms with Gasteiger partial charge in [-0.3, -0.25) is 4.79 Å². The average molecular weight is 288 g/mol. The molecular weight excluding hydrogens is 260 g/mol. The van der Waals surface area contributed by atoms with Crippen molar-refractivity contribution in [1.29, 1.82) is 0 Å². The largest absolute Gasteiger partial charge is 0.388 e. The molecule has 1 aliphatic heterocycles. The molecule has 1 atom stereocenters. The molecule has 0 radical (unpaired) electrons. The van der Waals surface area contributed by atoms with E-state index >= 15 is 0 Å². The third-order valence-corrected chi connectivity index (χ3v) is 3.94. The Morgan fingerprint density at radius 3 is 2.55 bits per heavy atom. The summed E-state index contributed by atoms with van der Waals surface area (Å²) in [6.45, 7) is 4.45. The summed E-state index contributed by atoms with van der Waals surface area (Å²) < 4.78 is 10.2. The molecule has 0 aromatic rings. The summed E-state index contributed by atoms with van der Waals surface area (Å²) in [6, 6.07) is 0. The van der Waals surface area contributed by atoms with E-state index in [0.29, 0.717) is 19.6 Å². The molecule has 118 valence electrons. The van der Waals surface area contributed by atoms with Crippen LogP contribution in [0.3, 0.4) is 0 Å². The van der Waals surface area contributed by atoms with Gasteiger partial charge < -0.3 is 25.2 Å². The molecule has 1 heterocycles. The quantitative estimate of drug-likeness (QED) is 0.581. The number of carbonyl (C=O) groups excluding carboxylic acids is 1. The van der Waals surface area contributed by atoms with Gasteiger partial charge in [-0.1, -0.05) is 0 Å². The molecule has 1 amide bonds. The lowest BCUT2D eigenvalue weighted by Crippen LogP contribution is -2.53. The number of nitrogens with one attached hydrogen (secondary N) is 2. The molecule has 1 aliphatic rings. The highest BCUT2D eigenvalue weighted by atomic mass is 16.5. The Balaban J connectivity index is 2.54. The van der Waals surface area contributed by atoms with Gasteiger partial charge in [-0.2, -0.15) is 0 Å². The molecule has 0 aromatic carbocycles. The van der Waals surface area contributed by atoms with Crippen molar-refractivity contribution in [3.8, 4) is 0 Å². The second-order valence-electron chi connectivity index (χ2n) is 5.89. The van der Waals surface area contributed by atoms with Gasteiger partial charge in [0.2, 0.25) is 5.91 Å². The summed E-state index contributed by atoms with van der Waals surface area (Å²) in [6.07, 6.45) is 2.00. The van der Waals surface area contributed by atoms with Crippen molar-refractivity contribution >= 4 is 5.91 Å². The third kappa shape index (κ3) is 5.01. The normalized spacial score (nSPS) is 21.2. The van der Waals surface area contributed by atoms with Crippen molar-refractivity contribution < 1.29 is 19.4 Å². The lowest BCUT2D eigenvalue weighted by molar-refractivity contribution is -0.137. The van der Waals surface area contributed by atoms with Crippen LogP contribution in [0.25, 0.3) is 0 Å². The first-order valence-electron chi connectivity index (χ1n) is 7.15. The van der Waals surface area contributed by atoms with Gasteiger partial charge in [0, 0.05) is 33.8 Å². The van der Waals surface area contributed by atoms with Gasteiger partial charge in [0.15, 0.2) is 0 Å². The average Bonchev–Trinajstić information content (AvgIpc) is 2.44. The van der Waals surface area contributed by atoms with Crippen LogP contribution in [0.4, 0.5) is 0 Å². The van der Waals surface area contributed by atoms with E-state index in [2.05, 4.69) is 10.6 Å². The topological polar surface area (TPSA) is 79.8 Å². The van der Waals surface area contributed by atoms with Gasteiger partial charge >= 0.3 is 0 Å². The number of carbonyl (C=O) groups is 1. The second kappa shape index (κ2) is 7.93. The highest BCUT2D eigenvalue weighted by Gasteiger charge is 2.40. The smallest absolute Gasteiger partial charge is 0.228 e. The van der Waals surface area contributed by atoms with Gasteiger partial charge in [0.25, 0.3) is 0 Å². The summed E-state index contributed by atoms with van der Waals surface area (Å²) in [4.78, 5) is 12.5. The fraction of sp³-hybridized carbons (Fsp3) is 0.929. The summed E-state index contributed by atoms with van der Waals surface area (Å²) >= 11 is 0. The molecule has 1 rings (SSSR count). The molecule has 6 heteroatoms. The fourth-order valence-electron chi connectivity index (χ4n) is 2.49. The van der Waals surface area contributed by atoms with Gasteiger partial charge in [0.05, 0.1) is 17.6 Å². The first-order chi connectivity index (χ1) is 9.46. The molecule has 1 fully saturated rings. The number of methoxy groups -OCH3 is 2. The van der Waals surface area contributed by atoms with E-state index in [0.717, 1.165) is 25.9 Å². The molecule has 0 spiro atoms. The van der Waals surface area contributed by atoms with Crippen molar-refractivity contribution in [3.05, 3.63) is 0 Å². The molecular formula is C14H28N2O4. The summed E-state index contributed by atoms with van der Waals surface area (Å²) in [5.74, 6) is -0.0291. The van der Waals surface area contributed by atoms with E-state index in [1.807, 2.05) is 0 Å². The van der Waals surface area contributed by atoms with Crippen molar-refractivity contribution in [2.24, 2.45) is 5.41 Å². The predicted molar refractivity (Wildman–Crippen MR) is 76.5 cm³/mol. The Kier molecular flexibility index (Phi) is 6.88. The zero-order valence-electron chi connectivity index (χ0n) is 12.8. The maximum Gasteiger partial charge on any atom is 0.228 e. The molecule has 0 aromatic heterocycles. The van der Waals surface area contributed by atoms with E-state index in [1.54, 1.807) is 21.1 Å². The lowest BCUT2D eigenvalue weighted by Gasteiger charge is -2.36. The van der Waals surface area contributed by atoms with E-state index < -0.39 is 11.0 Å².